The van der Waals surface area contributed by atoms with Crippen molar-refractivity contribution >= 4 is 0 Å². The number of hydrogen-bond donors (Lipinski definition) is 1. The lowest BCUT2D eigenvalue weighted by molar-refractivity contribution is 0.144. The maximum absolute atomic E-state index is 13.3. The van der Waals surface area contributed by atoms with Crippen molar-refractivity contribution in [3.8, 4) is 0 Å². The first-order valence-corrected chi connectivity index (χ1v) is 7.04. The molecule has 1 aromatic carbocycles. The lowest BCUT2D eigenvalue weighted by Gasteiger charge is -2.35. The van der Waals surface area contributed by atoms with Crippen molar-refractivity contribution in [2.45, 2.75) is 45.2 Å². The molecule has 19 heavy (non-hydrogen) atoms. The van der Waals surface area contributed by atoms with E-state index in [1.165, 1.54) is 6.07 Å². The minimum atomic E-state index is -0.167. The Morgan fingerprint density at radius 2 is 2.05 bits per heavy atom. The molecular weight excluding hydrogens is 239 g/mol. The molecule has 0 fully saturated rings. The van der Waals surface area contributed by atoms with Crippen LogP contribution in [0.5, 0.6) is 0 Å². The van der Waals surface area contributed by atoms with E-state index in [0.717, 1.165) is 24.9 Å². The number of rotatable bonds is 7. The largest absolute Gasteiger partial charge is 0.313 e. The lowest BCUT2D eigenvalue weighted by Crippen LogP contribution is -2.41. The standard InChI is InChI=1S/C16H27FN2/c1-6-16(2,3)19(5)11-10-15(18-4)13-8-7-9-14(17)12-13/h7-9,12,15,18H,6,10-11H2,1-5H3. The van der Waals surface area contributed by atoms with Gasteiger partial charge in [-0.15, -0.1) is 0 Å². The van der Waals surface area contributed by atoms with Gasteiger partial charge in [-0.2, -0.15) is 0 Å². The van der Waals surface area contributed by atoms with Crippen LogP contribution in [0.1, 0.15) is 45.2 Å². The molecule has 108 valence electrons. The van der Waals surface area contributed by atoms with Crippen molar-refractivity contribution in [1.29, 1.82) is 0 Å². The molecule has 0 aliphatic rings. The van der Waals surface area contributed by atoms with Gasteiger partial charge in [-0.05, 0) is 58.5 Å². The molecule has 0 aliphatic carbocycles. The average molecular weight is 266 g/mol. The fourth-order valence-electron chi connectivity index (χ4n) is 2.10. The molecule has 1 atom stereocenters. The van der Waals surface area contributed by atoms with Gasteiger partial charge in [0.15, 0.2) is 0 Å². The maximum atomic E-state index is 13.3. The van der Waals surface area contributed by atoms with E-state index < -0.39 is 0 Å². The first-order chi connectivity index (χ1) is 8.90. The molecule has 0 aliphatic heterocycles. The zero-order chi connectivity index (χ0) is 14.5. The Labute approximate surface area is 117 Å². The van der Waals surface area contributed by atoms with Crippen LogP contribution in [0.15, 0.2) is 24.3 Å². The van der Waals surface area contributed by atoms with Crippen LogP contribution in [0.4, 0.5) is 4.39 Å². The van der Waals surface area contributed by atoms with Gasteiger partial charge in [0.05, 0.1) is 0 Å². The van der Waals surface area contributed by atoms with Gasteiger partial charge < -0.3 is 10.2 Å². The highest BCUT2D eigenvalue weighted by Crippen LogP contribution is 2.21. The molecule has 0 saturated carbocycles. The molecule has 1 aromatic rings. The summed E-state index contributed by atoms with van der Waals surface area (Å²) in [4.78, 5) is 2.37. The van der Waals surface area contributed by atoms with Crippen LogP contribution in [-0.4, -0.2) is 31.1 Å². The molecular formula is C16H27FN2. The molecule has 0 heterocycles. The number of nitrogens with zero attached hydrogens (tertiary/aromatic N) is 1. The Balaban J connectivity index is 2.64. The van der Waals surface area contributed by atoms with E-state index in [1.54, 1.807) is 12.1 Å². The third-order valence-electron chi connectivity index (χ3n) is 4.25. The van der Waals surface area contributed by atoms with Gasteiger partial charge in [-0.3, -0.25) is 0 Å². The quantitative estimate of drug-likeness (QED) is 0.811. The van der Waals surface area contributed by atoms with Crippen molar-refractivity contribution in [2.24, 2.45) is 0 Å². The van der Waals surface area contributed by atoms with Crippen molar-refractivity contribution in [2.75, 3.05) is 20.6 Å². The van der Waals surface area contributed by atoms with E-state index in [2.05, 4.69) is 38.0 Å². The SMILES string of the molecule is CCC(C)(C)N(C)CCC(NC)c1cccc(F)c1. The van der Waals surface area contributed by atoms with Gasteiger partial charge in [-0.25, -0.2) is 4.39 Å². The molecule has 0 bridgehead atoms. The van der Waals surface area contributed by atoms with E-state index >= 15 is 0 Å². The van der Waals surface area contributed by atoms with Crippen LogP contribution < -0.4 is 5.32 Å². The van der Waals surface area contributed by atoms with Crippen LogP contribution in [-0.2, 0) is 0 Å². The maximum Gasteiger partial charge on any atom is 0.123 e. The summed E-state index contributed by atoms with van der Waals surface area (Å²) in [6, 6.07) is 7.06. The fourth-order valence-corrected chi connectivity index (χ4v) is 2.10. The molecule has 0 amide bonds. The Morgan fingerprint density at radius 1 is 1.37 bits per heavy atom. The first kappa shape index (κ1) is 16.1. The number of nitrogens with one attached hydrogen (secondary N) is 1. The molecule has 1 N–H and O–H groups in total. The van der Waals surface area contributed by atoms with Crippen molar-refractivity contribution in [3.63, 3.8) is 0 Å². The minimum absolute atomic E-state index is 0.167. The summed E-state index contributed by atoms with van der Waals surface area (Å²) in [5, 5.41) is 3.28. The lowest BCUT2D eigenvalue weighted by atomic mass is 9.98. The summed E-state index contributed by atoms with van der Waals surface area (Å²) in [5.41, 5.74) is 1.23. The van der Waals surface area contributed by atoms with Gasteiger partial charge in [-0.1, -0.05) is 19.1 Å². The molecule has 1 unspecified atom stereocenters. The monoisotopic (exact) mass is 266 g/mol. The highest BCUT2D eigenvalue weighted by molar-refractivity contribution is 5.20. The van der Waals surface area contributed by atoms with Crippen molar-refractivity contribution in [1.82, 2.24) is 10.2 Å². The Kier molecular flexibility index (Phi) is 5.95. The van der Waals surface area contributed by atoms with Crippen LogP contribution >= 0.6 is 0 Å². The summed E-state index contributed by atoms with van der Waals surface area (Å²) in [6.07, 6.45) is 2.09. The Hall–Kier alpha value is -0.930. The highest BCUT2D eigenvalue weighted by Gasteiger charge is 2.21. The van der Waals surface area contributed by atoms with E-state index in [4.69, 9.17) is 0 Å². The van der Waals surface area contributed by atoms with Crippen LogP contribution in [0.3, 0.4) is 0 Å². The van der Waals surface area contributed by atoms with Gasteiger partial charge in [0.1, 0.15) is 5.82 Å². The van der Waals surface area contributed by atoms with Gasteiger partial charge in [0.25, 0.3) is 0 Å². The molecule has 2 nitrogen and oxygen atoms in total. The topological polar surface area (TPSA) is 15.3 Å². The second-order valence-corrected chi connectivity index (χ2v) is 5.77. The molecule has 0 saturated heterocycles. The van der Waals surface area contributed by atoms with Crippen LogP contribution in [0.25, 0.3) is 0 Å². The normalized spacial score (nSPS) is 13.8. The minimum Gasteiger partial charge on any atom is -0.313 e. The summed E-state index contributed by atoms with van der Waals surface area (Å²) >= 11 is 0. The number of benzene rings is 1. The van der Waals surface area contributed by atoms with Crippen LogP contribution in [0.2, 0.25) is 0 Å². The van der Waals surface area contributed by atoms with Gasteiger partial charge in [0, 0.05) is 18.1 Å². The second kappa shape index (κ2) is 7.01. The van der Waals surface area contributed by atoms with Gasteiger partial charge >= 0.3 is 0 Å². The summed E-state index contributed by atoms with van der Waals surface area (Å²) < 4.78 is 13.3. The zero-order valence-corrected chi connectivity index (χ0v) is 12.8. The second-order valence-electron chi connectivity index (χ2n) is 5.77. The number of halogens is 1. The zero-order valence-electron chi connectivity index (χ0n) is 12.8. The Morgan fingerprint density at radius 3 is 2.58 bits per heavy atom. The molecule has 1 rings (SSSR count). The number of hydrogen-bond acceptors (Lipinski definition) is 2. The molecule has 0 spiro atoms. The molecule has 3 heteroatoms. The first-order valence-electron chi connectivity index (χ1n) is 7.04. The van der Waals surface area contributed by atoms with Crippen molar-refractivity contribution < 1.29 is 4.39 Å². The highest BCUT2D eigenvalue weighted by atomic mass is 19.1. The van der Waals surface area contributed by atoms with E-state index in [9.17, 15) is 4.39 Å². The van der Waals surface area contributed by atoms with E-state index in [-0.39, 0.29) is 17.4 Å². The Bertz CT molecular complexity index is 390. The predicted octanol–water partition coefficient (Wildman–Crippen LogP) is 3.60. The molecule has 0 radical (unpaired) electrons. The smallest absolute Gasteiger partial charge is 0.123 e. The summed E-state index contributed by atoms with van der Waals surface area (Å²) in [6.45, 7) is 7.70. The van der Waals surface area contributed by atoms with Gasteiger partial charge in [0.2, 0.25) is 0 Å². The average Bonchev–Trinajstić information content (AvgIpc) is 2.39. The van der Waals surface area contributed by atoms with E-state index in [0.29, 0.717) is 0 Å². The third kappa shape index (κ3) is 4.59. The van der Waals surface area contributed by atoms with Crippen LogP contribution in [0, 0.1) is 5.82 Å². The fraction of sp³-hybridized carbons (Fsp3) is 0.625. The summed E-state index contributed by atoms with van der Waals surface area (Å²) in [7, 11) is 4.09. The van der Waals surface area contributed by atoms with E-state index in [1.807, 2.05) is 13.1 Å². The molecule has 0 aromatic heterocycles. The predicted molar refractivity (Wildman–Crippen MR) is 79.8 cm³/mol. The summed E-state index contributed by atoms with van der Waals surface area (Å²) in [5.74, 6) is -0.167. The van der Waals surface area contributed by atoms with Crippen molar-refractivity contribution in [3.05, 3.63) is 35.6 Å². The third-order valence-corrected chi connectivity index (χ3v) is 4.25.